The summed E-state index contributed by atoms with van der Waals surface area (Å²) in [5, 5.41) is 20.0. The lowest BCUT2D eigenvalue weighted by Crippen LogP contribution is -2.37. The van der Waals surface area contributed by atoms with E-state index in [0.29, 0.717) is 12.8 Å². The van der Waals surface area contributed by atoms with Crippen molar-refractivity contribution in [1.29, 1.82) is 0 Å². The van der Waals surface area contributed by atoms with Gasteiger partial charge in [-0.15, -0.1) is 0 Å². The molecule has 0 amide bonds. The highest BCUT2D eigenvalue weighted by Gasteiger charge is 2.34. The summed E-state index contributed by atoms with van der Waals surface area (Å²) in [6.07, 6.45) is 6.96. The quantitative estimate of drug-likeness (QED) is 0.755. The number of aliphatic hydroxyl groups is 2. The third-order valence-corrected chi connectivity index (χ3v) is 3.52. The Morgan fingerprint density at radius 2 is 2.00 bits per heavy atom. The summed E-state index contributed by atoms with van der Waals surface area (Å²) < 4.78 is 0. The Morgan fingerprint density at radius 3 is 2.50 bits per heavy atom. The Hall–Kier alpha value is -0.930. The van der Waals surface area contributed by atoms with Crippen LogP contribution in [0.1, 0.15) is 47.0 Å². The van der Waals surface area contributed by atoms with Crippen molar-refractivity contribution in [2.24, 2.45) is 5.92 Å². The molecular formula is C15H24O3. The molecule has 102 valence electrons. The summed E-state index contributed by atoms with van der Waals surface area (Å²) in [6.45, 7) is 6.96. The minimum absolute atomic E-state index is 0.0415. The molecule has 2 N–H and O–H groups in total. The van der Waals surface area contributed by atoms with Gasteiger partial charge >= 0.3 is 0 Å². The van der Waals surface area contributed by atoms with Gasteiger partial charge in [-0.05, 0) is 52.0 Å². The normalized spacial score (nSPS) is 25.1. The van der Waals surface area contributed by atoms with Crippen LogP contribution in [-0.4, -0.2) is 27.2 Å². The second-order valence-electron chi connectivity index (χ2n) is 6.06. The minimum Gasteiger partial charge on any atom is -0.390 e. The van der Waals surface area contributed by atoms with Crippen molar-refractivity contribution >= 4 is 5.78 Å². The first-order valence-electron chi connectivity index (χ1n) is 6.44. The molecule has 0 aliphatic heterocycles. The molecule has 0 aromatic carbocycles. The van der Waals surface area contributed by atoms with E-state index in [2.05, 4.69) is 0 Å². The Morgan fingerprint density at radius 1 is 1.39 bits per heavy atom. The second-order valence-corrected chi connectivity index (χ2v) is 6.06. The van der Waals surface area contributed by atoms with Crippen molar-refractivity contribution in [2.75, 3.05) is 0 Å². The van der Waals surface area contributed by atoms with Crippen LogP contribution in [0.3, 0.4) is 0 Å². The Labute approximate surface area is 109 Å². The number of allylic oxidation sites excluding steroid dienone is 2. The molecule has 1 aliphatic carbocycles. The average Bonchev–Trinajstić information content (AvgIpc) is 2.19. The number of carbonyl (C=O) groups excluding carboxylic acids is 1. The summed E-state index contributed by atoms with van der Waals surface area (Å²) in [4.78, 5) is 11.6. The fraction of sp³-hybridized carbons (Fsp3) is 0.667. The molecule has 18 heavy (non-hydrogen) atoms. The number of ketones is 1. The highest BCUT2D eigenvalue weighted by atomic mass is 16.3. The molecule has 0 bridgehead atoms. The van der Waals surface area contributed by atoms with Crippen LogP contribution >= 0.6 is 0 Å². The van der Waals surface area contributed by atoms with Gasteiger partial charge in [-0.1, -0.05) is 18.2 Å². The van der Waals surface area contributed by atoms with E-state index in [-0.39, 0.29) is 11.7 Å². The molecule has 0 fully saturated rings. The molecule has 0 saturated carbocycles. The zero-order valence-corrected chi connectivity index (χ0v) is 11.7. The maximum atomic E-state index is 11.6. The molecule has 2 atom stereocenters. The lowest BCUT2D eigenvalue weighted by atomic mass is 9.76. The smallest absolute Gasteiger partial charge is 0.158 e. The Bertz CT molecular complexity index is 370. The number of carbonyl (C=O) groups is 1. The molecule has 1 rings (SSSR count). The van der Waals surface area contributed by atoms with E-state index in [1.807, 2.05) is 13.0 Å². The van der Waals surface area contributed by atoms with E-state index >= 15 is 0 Å². The third-order valence-electron chi connectivity index (χ3n) is 3.52. The molecule has 0 heterocycles. The number of rotatable bonds is 4. The predicted molar refractivity (Wildman–Crippen MR) is 72.2 cm³/mol. The molecule has 3 nitrogen and oxygen atoms in total. The fourth-order valence-corrected chi connectivity index (χ4v) is 2.13. The van der Waals surface area contributed by atoms with Gasteiger partial charge in [0.1, 0.15) is 0 Å². The van der Waals surface area contributed by atoms with Crippen LogP contribution in [0.15, 0.2) is 23.8 Å². The zero-order valence-electron chi connectivity index (χ0n) is 11.7. The summed E-state index contributed by atoms with van der Waals surface area (Å²) >= 11 is 0. The van der Waals surface area contributed by atoms with Crippen molar-refractivity contribution in [3.05, 3.63) is 23.8 Å². The first kappa shape index (κ1) is 15.1. The van der Waals surface area contributed by atoms with Gasteiger partial charge in [0.15, 0.2) is 5.78 Å². The van der Waals surface area contributed by atoms with Crippen LogP contribution in [0.4, 0.5) is 0 Å². The van der Waals surface area contributed by atoms with E-state index in [9.17, 15) is 15.0 Å². The van der Waals surface area contributed by atoms with Gasteiger partial charge in [-0.3, -0.25) is 4.79 Å². The van der Waals surface area contributed by atoms with Crippen LogP contribution in [0, 0.1) is 5.92 Å². The van der Waals surface area contributed by atoms with Gasteiger partial charge in [0.25, 0.3) is 0 Å². The van der Waals surface area contributed by atoms with Crippen LogP contribution in [0.5, 0.6) is 0 Å². The topological polar surface area (TPSA) is 57.5 Å². The predicted octanol–water partition coefficient (Wildman–Crippen LogP) is 2.38. The van der Waals surface area contributed by atoms with Crippen molar-refractivity contribution in [2.45, 2.75) is 58.2 Å². The molecule has 0 spiro atoms. The highest BCUT2D eigenvalue weighted by molar-refractivity contribution is 5.95. The van der Waals surface area contributed by atoms with E-state index in [1.54, 1.807) is 32.9 Å². The van der Waals surface area contributed by atoms with E-state index in [0.717, 1.165) is 12.0 Å². The standard InChI is InChI=1S/C15H24O3/c1-11-6-7-12(10-13(11)16)15(4,18)9-5-8-14(2,3)17/h5-6,8,12,17-18H,7,9-10H2,1-4H3. The summed E-state index contributed by atoms with van der Waals surface area (Å²) in [5.41, 5.74) is -0.974. The minimum atomic E-state index is -0.908. The SMILES string of the molecule is CC1=CCC(C(C)(O)CC=CC(C)(C)O)CC1=O. The van der Waals surface area contributed by atoms with Gasteiger partial charge in [-0.25, -0.2) is 0 Å². The fourth-order valence-electron chi connectivity index (χ4n) is 2.13. The number of hydrogen-bond donors (Lipinski definition) is 2. The average molecular weight is 252 g/mol. The molecule has 0 aromatic rings. The van der Waals surface area contributed by atoms with Crippen LogP contribution < -0.4 is 0 Å². The molecule has 0 aromatic heterocycles. The van der Waals surface area contributed by atoms with Crippen molar-refractivity contribution in [3.63, 3.8) is 0 Å². The van der Waals surface area contributed by atoms with Crippen molar-refractivity contribution < 1.29 is 15.0 Å². The molecule has 3 heteroatoms. The molecular weight excluding hydrogens is 228 g/mol. The summed E-state index contributed by atoms with van der Waals surface area (Å²) in [5.74, 6) is 0.0816. The van der Waals surface area contributed by atoms with Gasteiger partial charge in [0, 0.05) is 6.42 Å². The summed E-state index contributed by atoms with van der Waals surface area (Å²) in [6, 6.07) is 0. The second kappa shape index (κ2) is 5.37. The first-order chi connectivity index (χ1) is 8.12. The largest absolute Gasteiger partial charge is 0.390 e. The molecule has 0 saturated heterocycles. The van der Waals surface area contributed by atoms with Crippen LogP contribution in [-0.2, 0) is 4.79 Å². The maximum absolute atomic E-state index is 11.6. The molecule has 1 aliphatic rings. The van der Waals surface area contributed by atoms with E-state index in [4.69, 9.17) is 0 Å². The van der Waals surface area contributed by atoms with Crippen molar-refractivity contribution in [3.8, 4) is 0 Å². The molecule has 0 radical (unpaired) electrons. The third kappa shape index (κ3) is 4.39. The van der Waals surface area contributed by atoms with Gasteiger partial charge < -0.3 is 10.2 Å². The Kier molecular flexibility index (Phi) is 4.51. The highest BCUT2D eigenvalue weighted by Crippen LogP contribution is 2.32. The maximum Gasteiger partial charge on any atom is 0.158 e. The van der Waals surface area contributed by atoms with Gasteiger partial charge in [0.2, 0.25) is 0 Å². The Balaban J connectivity index is 2.65. The zero-order chi connectivity index (χ0) is 14.0. The lowest BCUT2D eigenvalue weighted by Gasteiger charge is -2.33. The first-order valence-corrected chi connectivity index (χ1v) is 6.44. The van der Waals surface area contributed by atoms with E-state index in [1.165, 1.54) is 0 Å². The van der Waals surface area contributed by atoms with Crippen LogP contribution in [0.25, 0.3) is 0 Å². The number of hydrogen-bond acceptors (Lipinski definition) is 3. The van der Waals surface area contributed by atoms with Gasteiger partial charge in [-0.2, -0.15) is 0 Å². The monoisotopic (exact) mass is 252 g/mol. The van der Waals surface area contributed by atoms with Crippen LogP contribution in [0.2, 0.25) is 0 Å². The van der Waals surface area contributed by atoms with E-state index < -0.39 is 11.2 Å². The lowest BCUT2D eigenvalue weighted by molar-refractivity contribution is -0.119. The molecule has 2 unspecified atom stereocenters. The number of Topliss-reactive ketones (excluding diaryl/α,β-unsaturated/α-hetero) is 1. The summed E-state index contributed by atoms with van der Waals surface area (Å²) in [7, 11) is 0. The van der Waals surface area contributed by atoms with Gasteiger partial charge in [0.05, 0.1) is 11.2 Å². The van der Waals surface area contributed by atoms with Crippen molar-refractivity contribution in [1.82, 2.24) is 0 Å².